The maximum atomic E-state index is 12.1. The van der Waals surface area contributed by atoms with Crippen LogP contribution in [0.1, 0.15) is 36.2 Å². The molecule has 0 spiro atoms. The standard InChI is InChI=1S/C12H18N2OS/c1-5-12(3)11(15)14(4)10(13-12)9-7-6-8(2)16-9/h6-7,10,13H,5H2,1-4H3. The molecule has 2 heterocycles. The molecular formula is C12H18N2OS. The van der Waals surface area contributed by atoms with Crippen LogP contribution in [0.25, 0.3) is 0 Å². The van der Waals surface area contributed by atoms with E-state index in [2.05, 4.69) is 24.4 Å². The van der Waals surface area contributed by atoms with Crippen molar-refractivity contribution in [3.05, 3.63) is 21.9 Å². The molecule has 1 aliphatic rings. The molecule has 2 unspecified atom stereocenters. The Morgan fingerprint density at radius 1 is 1.56 bits per heavy atom. The Morgan fingerprint density at radius 3 is 2.69 bits per heavy atom. The van der Waals surface area contributed by atoms with Crippen LogP contribution in [0.2, 0.25) is 0 Å². The predicted molar refractivity (Wildman–Crippen MR) is 66.4 cm³/mol. The SMILES string of the molecule is CCC1(C)NC(c2ccc(C)s2)N(C)C1=O. The van der Waals surface area contributed by atoms with Gasteiger partial charge in [0.05, 0.1) is 5.54 Å². The summed E-state index contributed by atoms with van der Waals surface area (Å²) in [6.07, 6.45) is 0.855. The topological polar surface area (TPSA) is 32.3 Å². The third-order valence-electron chi connectivity index (χ3n) is 3.37. The number of thiophene rings is 1. The van der Waals surface area contributed by atoms with Gasteiger partial charge in [-0.3, -0.25) is 10.1 Å². The first-order valence-electron chi connectivity index (χ1n) is 5.59. The lowest BCUT2D eigenvalue weighted by Gasteiger charge is -2.19. The molecule has 0 radical (unpaired) electrons. The van der Waals surface area contributed by atoms with Crippen LogP contribution in [0.3, 0.4) is 0 Å². The zero-order chi connectivity index (χ0) is 11.9. The van der Waals surface area contributed by atoms with Crippen LogP contribution in [0.5, 0.6) is 0 Å². The van der Waals surface area contributed by atoms with Gasteiger partial charge in [-0.15, -0.1) is 11.3 Å². The lowest BCUT2D eigenvalue weighted by atomic mass is 10.00. The highest BCUT2D eigenvalue weighted by atomic mass is 32.1. The van der Waals surface area contributed by atoms with E-state index in [0.717, 1.165) is 6.42 Å². The lowest BCUT2D eigenvalue weighted by Crippen LogP contribution is -2.42. The first-order valence-corrected chi connectivity index (χ1v) is 6.41. The van der Waals surface area contributed by atoms with E-state index in [4.69, 9.17) is 0 Å². The molecule has 16 heavy (non-hydrogen) atoms. The van der Waals surface area contributed by atoms with Crippen LogP contribution < -0.4 is 5.32 Å². The van der Waals surface area contributed by atoms with Crippen LogP contribution in [-0.4, -0.2) is 23.4 Å². The summed E-state index contributed by atoms with van der Waals surface area (Å²) in [5, 5.41) is 3.43. The molecule has 88 valence electrons. The number of likely N-dealkylation sites (N-methyl/N-ethyl adjacent to an activating group) is 1. The van der Waals surface area contributed by atoms with Gasteiger partial charge < -0.3 is 4.90 Å². The molecule has 2 rings (SSSR count). The van der Waals surface area contributed by atoms with Gasteiger partial charge in [-0.25, -0.2) is 0 Å². The van der Waals surface area contributed by atoms with Crippen LogP contribution in [-0.2, 0) is 4.79 Å². The number of amides is 1. The van der Waals surface area contributed by atoms with Gasteiger partial charge in [0.1, 0.15) is 6.17 Å². The van der Waals surface area contributed by atoms with Crippen molar-refractivity contribution in [2.45, 2.75) is 38.9 Å². The van der Waals surface area contributed by atoms with Crippen molar-refractivity contribution < 1.29 is 4.79 Å². The molecule has 0 saturated carbocycles. The smallest absolute Gasteiger partial charge is 0.243 e. The first-order chi connectivity index (χ1) is 7.48. The highest BCUT2D eigenvalue weighted by Crippen LogP contribution is 2.34. The van der Waals surface area contributed by atoms with E-state index >= 15 is 0 Å². The van der Waals surface area contributed by atoms with E-state index in [9.17, 15) is 4.79 Å². The fourth-order valence-electron chi connectivity index (χ4n) is 2.08. The average molecular weight is 238 g/mol. The summed E-state index contributed by atoms with van der Waals surface area (Å²) < 4.78 is 0. The molecule has 1 aromatic rings. The number of carbonyl (C=O) groups excluding carboxylic acids is 1. The third-order valence-corrected chi connectivity index (χ3v) is 4.43. The first kappa shape index (κ1) is 11.6. The summed E-state index contributed by atoms with van der Waals surface area (Å²) in [6.45, 7) is 6.11. The van der Waals surface area contributed by atoms with Crippen molar-refractivity contribution in [3.63, 3.8) is 0 Å². The number of rotatable bonds is 2. The molecule has 0 bridgehead atoms. The fraction of sp³-hybridized carbons (Fsp3) is 0.583. The molecule has 1 fully saturated rings. The van der Waals surface area contributed by atoms with Crippen molar-refractivity contribution in [2.24, 2.45) is 0 Å². The molecule has 1 N–H and O–H groups in total. The molecule has 2 atom stereocenters. The zero-order valence-corrected chi connectivity index (χ0v) is 11.0. The van der Waals surface area contributed by atoms with E-state index in [-0.39, 0.29) is 12.1 Å². The molecule has 0 aliphatic carbocycles. The predicted octanol–water partition coefficient (Wildman–Crippen LogP) is 2.29. The summed E-state index contributed by atoms with van der Waals surface area (Å²) in [5.41, 5.74) is -0.405. The van der Waals surface area contributed by atoms with Gasteiger partial charge in [0, 0.05) is 16.8 Å². The van der Waals surface area contributed by atoms with Gasteiger partial charge in [-0.2, -0.15) is 0 Å². The summed E-state index contributed by atoms with van der Waals surface area (Å²) in [6, 6.07) is 4.20. The lowest BCUT2D eigenvalue weighted by molar-refractivity contribution is -0.131. The second-order valence-corrected chi connectivity index (χ2v) is 5.92. The summed E-state index contributed by atoms with van der Waals surface area (Å²) in [7, 11) is 1.87. The summed E-state index contributed by atoms with van der Waals surface area (Å²) in [4.78, 5) is 16.4. The number of nitrogens with zero attached hydrogens (tertiary/aromatic N) is 1. The van der Waals surface area contributed by atoms with E-state index in [1.165, 1.54) is 9.75 Å². The highest BCUT2D eigenvalue weighted by Gasteiger charge is 2.45. The quantitative estimate of drug-likeness (QED) is 0.857. The van der Waals surface area contributed by atoms with Gasteiger partial charge in [0.2, 0.25) is 5.91 Å². The Labute approximate surface area is 100 Å². The van der Waals surface area contributed by atoms with E-state index in [0.29, 0.717) is 0 Å². The fourth-order valence-corrected chi connectivity index (χ4v) is 3.06. The van der Waals surface area contributed by atoms with Crippen molar-refractivity contribution in [3.8, 4) is 0 Å². The highest BCUT2D eigenvalue weighted by molar-refractivity contribution is 7.12. The molecule has 1 amide bonds. The van der Waals surface area contributed by atoms with Crippen molar-refractivity contribution in [1.82, 2.24) is 10.2 Å². The minimum absolute atomic E-state index is 0.0381. The number of aryl methyl sites for hydroxylation is 1. The number of hydrogen-bond acceptors (Lipinski definition) is 3. The van der Waals surface area contributed by atoms with Crippen LogP contribution in [0.15, 0.2) is 12.1 Å². The normalized spacial score (nSPS) is 30.1. The van der Waals surface area contributed by atoms with Crippen molar-refractivity contribution >= 4 is 17.2 Å². The molecule has 1 aliphatic heterocycles. The Kier molecular flexibility index (Phi) is 2.80. The van der Waals surface area contributed by atoms with Crippen molar-refractivity contribution in [1.29, 1.82) is 0 Å². The van der Waals surface area contributed by atoms with Gasteiger partial charge in [-0.1, -0.05) is 6.92 Å². The molecular weight excluding hydrogens is 220 g/mol. The monoisotopic (exact) mass is 238 g/mol. The molecule has 1 saturated heterocycles. The van der Waals surface area contributed by atoms with Crippen LogP contribution >= 0.6 is 11.3 Å². The maximum absolute atomic E-state index is 12.1. The van der Waals surface area contributed by atoms with Gasteiger partial charge in [0.15, 0.2) is 0 Å². The van der Waals surface area contributed by atoms with Crippen LogP contribution in [0.4, 0.5) is 0 Å². The minimum atomic E-state index is -0.405. The van der Waals surface area contributed by atoms with Gasteiger partial charge in [-0.05, 0) is 32.4 Å². The maximum Gasteiger partial charge on any atom is 0.243 e. The molecule has 3 nitrogen and oxygen atoms in total. The Bertz CT molecular complexity index is 415. The second kappa shape index (κ2) is 3.86. The zero-order valence-electron chi connectivity index (χ0n) is 10.2. The number of nitrogens with one attached hydrogen (secondary N) is 1. The minimum Gasteiger partial charge on any atom is -0.324 e. The Morgan fingerprint density at radius 2 is 2.25 bits per heavy atom. The average Bonchev–Trinajstić information content (AvgIpc) is 2.77. The van der Waals surface area contributed by atoms with Crippen molar-refractivity contribution in [2.75, 3.05) is 7.05 Å². The second-order valence-electron chi connectivity index (χ2n) is 4.60. The largest absolute Gasteiger partial charge is 0.324 e. The number of carbonyl (C=O) groups is 1. The third kappa shape index (κ3) is 1.66. The van der Waals surface area contributed by atoms with Crippen LogP contribution in [0, 0.1) is 6.92 Å². The number of hydrogen-bond donors (Lipinski definition) is 1. The summed E-state index contributed by atoms with van der Waals surface area (Å²) >= 11 is 1.75. The Hall–Kier alpha value is -0.870. The van der Waals surface area contributed by atoms with E-state index in [1.807, 2.05) is 25.8 Å². The van der Waals surface area contributed by atoms with E-state index in [1.54, 1.807) is 11.3 Å². The Balaban J connectivity index is 2.29. The van der Waals surface area contributed by atoms with E-state index < -0.39 is 5.54 Å². The van der Waals surface area contributed by atoms with Gasteiger partial charge in [0.25, 0.3) is 0 Å². The molecule has 0 aromatic carbocycles. The summed E-state index contributed by atoms with van der Waals surface area (Å²) in [5.74, 6) is 0.186. The molecule has 1 aromatic heterocycles. The molecule has 4 heteroatoms. The van der Waals surface area contributed by atoms with Gasteiger partial charge >= 0.3 is 0 Å².